The van der Waals surface area contributed by atoms with Gasteiger partial charge >= 0.3 is 11.9 Å². The fourth-order valence-electron chi connectivity index (χ4n) is 13.3. The summed E-state index contributed by atoms with van der Waals surface area (Å²) in [6.45, 7) is 8.74. The first-order valence-electron chi connectivity index (χ1n) is 20.5. The molecule has 280 valence electrons. The van der Waals surface area contributed by atoms with Gasteiger partial charge in [0.1, 0.15) is 12.7 Å². The second kappa shape index (κ2) is 14.1. The number of aliphatic hydroxyl groups is 2. The van der Waals surface area contributed by atoms with Gasteiger partial charge in [0, 0.05) is 29.7 Å². The number of hydrogen-bond acceptors (Lipinski definition) is 6. The lowest BCUT2D eigenvalue weighted by atomic mass is 9.32. The first-order valence-corrected chi connectivity index (χ1v) is 20.5. The monoisotopic (exact) mass is 700 g/mol. The van der Waals surface area contributed by atoms with E-state index in [1.54, 1.807) is 6.08 Å². The third-order valence-corrected chi connectivity index (χ3v) is 15.8. The number of cyclic esters (lactones) is 1. The predicted molar refractivity (Wildman–Crippen MR) is 199 cm³/mol. The van der Waals surface area contributed by atoms with Crippen LogP contribution in [0.2, 0.25) is 0 Å². The van der Waals surface area contributed by atoms with Gasteiger partial charge in [0.2, 0.25) is 0 Å². The maximum absolute atomic E-state index is 13.8. The van der Waals surface area contributed by atoms with E-state index in [9.17, 15) is 19.8 Å². The maximum atomic E-state index is 13.8. The van der Waals surface area contributed by atoms with Crippen molar-refractivity contribution >= 4 is 11.9 Å². The van der Waals surface area contributed by atoms with E-state index in [1.165, 1.54) is 57.4 Å². The Hall–Kier alpha value is -2.44. The van der Waals surface area contributed by atoms with Crippen molar-refractivity contribution in [3.05, 3.63) is 59.7 Å². The predicted octanol–water partition coefficient (Wildman–Crippen LogP) is 9.07. The highest BCUT2D eigenvalue weighted by Gasteiger charge is 2.78. The smallest absolute Gasteiger partial charge is 0.331 e. The minimum Gasteiger partial charge on any atom is -0.462 e. The number of carbonyl (C=O) groups is 2. The van der Waals surface area contributed by atoms with Gasteiger partial charge in [-0.2, -0.15) is 0 Å². The molecule has 2 bridgehead atoms. The quantitative estimate of drug-likeness (QED) is 0.167. The normalized spacial score (nSPS) is 40.2. The minimum atomic E-state index is -1.27. The van der Waals surface area contributed by atoms with Gasteiger partial charge in [0.05, 0.1) is 11.7 Å². The Labute approximate surface area is 306 Å². The molecule has 51 heavy (non-hydrogen) atoms. The lowest BCUT2D eigenvalue weighted by Gasteiger charge is -2.74. The standard InChI is InChI=1S/C45H64O6/c1-31(11-10-14-33-12-6-5-7-13-33)15-16-35-18-23-41(3)29-37(51-32(2)46)40-42(4,36-19-25-43(28-36)21-8-9-22-43)24-20-38(47)45(35,40)44(41,49)26-17-34-27-39(48)50-30-34/h5-7,12-13,18,23,27,31,35-38,40,47,49H,8-11,14-17,19-22,24-26,28-30H2,1-4H3. The summed E-state index contributed by atoms with van der Waals surface area (Å²) in [5.41, 5.74) is -0.370. The Kier molecular flexibility index (Phi) is 10.2. The molecule has 5 aliphatic carbocycles. The zero-order valence-corrected chi connectivity index (χ0v) is 31.8. The molecule has 10 atom stereocenters. The van der Waals surface area contributed by atoms with Crippen molar-refractivity contribution in [3.63, 3.8) is 0 Å². The number of carbonyl (C=O) groups excluding carboxylic acids is 2. The molecular formula is C45H64O6. The number of rotatable bonds is 12. The average Bonchev–Trinajstić information content (AvgIpc) is 3.85. The Morgan fingerprint density at radius 2 is 1.78 bits per heavy atom. The summed E-state index contributed by atoms with van der Waals surface area (Å²) in [6.07, 6.45) is 22.2. The van der Waals surface area contributed by atoms with Gasteiger partial charge in [0.15, 0.2) is 0 Å². The molecule has 6 heteroatoms. The van der Waals surface area contributed by atoms with E-state index in [-0.39, 0.29) is 41.9 Å². The van der Waals surface area contributed by atoms with Crippen molar-refractivity contribution in [2.45, 2.75) is 155 Å². The lowest BCUT2D eigenvalue weighted by molar-refractivity contribution is -0.331. The Morgan fingerprint density at radius 1 is 1.02 bits per heavy atom. The Bertz CT molecular complexity index is 1490. The zero-order chi connectivity index (χ0) is 36.1. The summed E-state index contributed by atoms with van der Waals surface area (Å²) in [7, 11) is 0. The molecule has 1 aromatic rings. The topological polar surface area (TPSA) is 93.1 Å². The molecule has 1 aliphatic heterocycles. The summed E-state index contributed by atoms with van der Waals surface area (Å²) in [6, 6.07) is 10.7. The second-order valence-corrected chi connectivity index (χ2v) is 18.7. The SMILES string of the molecule is CC(=O)OC1CC2(C)C=CC(CCC(C)CCCc3ccccc3)C3(C(O)CCC(C)(C4CCC5(CCCC5)C4)C13)C2(O)CCC1=CC(=O)OC1. The molecular weight excluding hydrogens is 636 g/mol. The minimum absolute atomic E-state index is 0.0672. The van der Waals surface area contributed by atoms with Crippen LogP contribution in [0.3, 0.4) is 0 Å². The van der Waals surface area contributed by atoms with E-state index < -0.39 is 22.5 Å². The molecule has 6 nitrogen and oxygen atoms in total. The van der Waals surface area contributed by atoms with Gasteiger partial charge in [-0.25, -0.2) is 4.79 Å². The molecule has 2 N–H and O–H groups in total. The van der Waals surface area contributed by atoms with Crippen LogP contribution in [0.1, 0.15) is 136 Å². The van der Waals surface area contributed by atoms with E-state index in [2.05, 4.69) is 63.3 Å². The van der Waals surface area contributed by atoms with Crippen LogP contribution in [0, 0.1) is 45.3 Å². The summed E-state index contributed by atoms with van der Waals surface area (Å²) in [5, 5.41) is 26.6. The van der Waals surface area contributed by atoms with Crippen molar-refractivity contribution in [3.8, 4) is 0 Å². The van der Waals surface area contributed by atoms with Crippen LogP contribution in [-0.4, -0.2) is 46.6 Å². The fraction of sp³-hybridized carbons (Fsp3) is 0.733. The highest BCUT2D eigenvalue weighted by atomic mass is 16.5. The van der Waals surface area contributed by atoms with Crippen LogP contribution in [0.4, 0.5) is 0 Å². The van der Waals surface area contributed by atoms with Crippen LogP contribution in [0.15, 0.2) is 54.1 Å². The average molecular weight is 701 g/mol. The molecule has 0 aromatic heterocycles. The van der Waals surface area contributed by atoms with Crippen molar-refractivity contribution < 1.29 is 29.3 Å². The number of aryl methyl sites for hydroxylation is 1. The van der Waals surface area contributed by atoms with Crippen LogP contribution < -0.4 is 0 Å². The summed E-state index contributed by atoms with van der Waals surface area (Å²) in [4.78, 5) is 25.1. The van der Waals surface area contributed by atoms with E-state index >= 15 is 0 Å². The molecule has 1 heterocycles. The third-order valence-electron chi connectivity index (χ3n) is 15.8. The van der Waals surface area contributed by atoms with E-state index in [0.29, 0.717) is 42.9 Å². The van der Waals surface area contributed by atoms with Crippen molar-refractivity contribution in [2.24, 2.45) is 45.3 Å². The van der Waals surface area contributed by atoms with Crippen molar-refractivity contribution in [2.75, 3.05) is 6.61 Å². The maximum Gasteiger partial charge on any atom is 0.331 e. The number of aliphatic hydroxyl groups excluding tert-OH is 1. The molecule has 2 spiro atoms. The molecule has 7 rings (SSSR count). The van der Waals surface area contributed by atoms with Crippen LogP contribution in [0.5, 0.6) is 0 Å². The van der Waals surface area contributed by atoms with Crippen molar-refractivity contribution in [1.82, 2.24) is 0 Å². The first kappa shape index (κ1) is 36.9. The highest BCUT2D eigenvalue weighted by molar-refractivity contribution is 5.85. The first-order chi connectivity index (χ1) is 24.3. The third kappa shape index (κ3) is 6.36. The van der Waals surface area contributed by atoms with Gasteiger partial charge in [-0.15, -0.1) is 0 Å². The van der Waals surface area contributed by atoms with Gasteiger partial charge in [0.25, 0.3) is 0 Å². The molecule has 4 saturated carbocycles. The lowest BCUT2D eigenvalue weighted by Crippen LogP contribution is -2.79. The Balaban J connectivity index is 1.26. The number of allylic oxidation sites excluding steroid dienone is 1. The van der Waals surface area contributed by atoms with Gasteiger partial charge in [-0.3, -0.25) is 4.79 Å². The van der Waals surface area contributed by atoms with Gasteiger partial charge in [-0.1, -0.05) is 88.9 Å². The number of esters is 2. The van der Waals surface area contributed by atoms with Gasteiger partial charge in [-0.05, 0) is 123 Å². The summed E-state index contributed by atoms with van der Waals surface area (Å²) < 4.78 is 11.8. The molecule has 10 unspecified atom stereocenters. The van der Waals surface area contributed by atoms with E-state index in [4.69, 9.17) is 9.47 Å². The molecule has 6 aliphatic rings. The van der Waals surface area contributed by atoms with Gasteiger partial charge < -0.3 is 19.7 Å². The van der Waals surface area contributed by atoms with Crippen molar-refractivity contribution in [1.29, 1.82) is 0 Å². The molecule has 0 saturated heterocycles. The van der Waals surface area contributed by atoms with Crippen LogP contribution >= 0.6 is 0 Å². The zero-order valence-electron chi connectivity index (χ0n) is 31.8. The van der Waals surface area contributed by atoms with E-state index in [0.717, 1.165) is 44.1 Å². The van der Waals surface area contributed by atoms with E-state index in [1.807, 2.05) is 0 Å². The number of hydrogen-bond donors (Lipinski definition) is 2. The number of fused-ring (bicyclic) bond motifs is 1. The molecule has 0 amide bonds. The molecule has 0 radical (unpaired) electrons. The highest BCUT2D eigenvalue weighted by Crippen LogP contribution is 2.75. The molecule has 4 fully saturated rings. The second-order valence-electron chi connectivity index (χ2n) is 18.7. The van der Waals surface area contributed by atoms with Crippen LogP contribution in [-0.2, 0) is 25.5 Å². The Morgan fingerprint density at radius 3 is 2.49 bits per heavy atom. The number of ether oxygens (including phenoxy) is 2. The van der Waals surface area contributed by atoms with Crippen LogP contribution in [0.25, 0.3) is 0 Å². The summed E-state index contributed by atoms with van der Waals surface area (Å²) >= 11 is 0. The summed E-state index contributed by atoms with van der Waals surface area (Å²) in [5.74, 6) is 0.122. The fourth-order valence-corrected chi connectivity index (χ4v) is 13.3. The molecule has 1 aromatic carbocycles. The number of benzene rings is 1. The largest absolute Gasteiger partial charge is 0.462 e.